The number of guanidine groups is 1. The average molecular weight is 347 g/mol. The summed E-state index contributed by atoms with van der Waals surface area (Å²) in [4.78, 5) is 17.4. The third-order valence-electron chi connectivity index (χ3n) is 4.38. The quantitative estimate of drug-likeness (QED) is 0.343. The molecule has 1 aliphatic heterocycles. The Bertz CT molecular complexity index is 565. The largest absolute Gasteiger partial charge is 0.357 e. The predicted molar refractivity (Wildman–Crippen MR) is 101 cm³/mol. The van der Waals surface area contributed by atoms with Gasteiger partial charge in [-0.1, -0.05) is 19.1 Å². The van der Waals surface area contributed by atoms with Crippen molar-refractivity contribution in [2.75, 3.05) is 26.2 Å². The zero-order valence-electron chi connectivity index (χ0n) is 15.2. The summed E-state index contributed by atoms with van der Waals surface area (Å²) < 4.78 is 0. The van der Waals surface area contributed by atoms with Crippen LogP contribution in [0.15, 0.2) is 29.3 Å². The number of nitrogens with one attached hydrogen (secondary N) is 2. The minimum absolute atomic E-state index is 0.108. The fourth-order valence-corrected chi connectivity index (χ4v) is 3.02. The molecule has 1 saturated heterocycles. The van der Waals surface area contributed by atoms with Crippen molar-refractivity contribution in [3.05, 3.63) is 39.9 Å². The second kappa shape index (κ2) is 9.98. The van der Waals surface area contributed by atoms with Crippen molar-refractivity contribution < 1.29 is 4.92 Å². The zero-order valence-corrected chi connectivity index (χ0v) is 15.2. The molecule has 2 rings (SSSR count). The molecule has 0 unspecified atom stereocenters. The van der Waals surface area contributed by atoms with Gasteiger partial charge >= 0.3 is 0 Å². The Morgan fingerprint density at radius 2 is 1.96 bits per heavy atom. The SMILES string of the molecule is CCCN1CCC(NC(=NCc2ccc([N+](=O)[O-])cc2)NCC)CC1. The highest BCUT2D eigenvalue weighted by molar-refractivity contribution is 5.80. The number of piperidine rings is 1. The van der Waals surface area contributed by atoms with Gasteiger partial charge in [0.2, 0.25) is 0 Å². The zero-order chi connectivity index (χ0) is 18.1. The Balaban J connectivity index is 1.88. The number of nitrogens with zero attached hydrogens (tertiary/aromatic N) is 3. The normalized spacial score (nSPS) is 16.6. The maximum absolute atomic E-state index is 10.7. The molecule has 0 atom stereocenters. The van der Waals surface area contributed by atoms with Crippen molar-refractivity contribution >= 4 is 11.6 Å². The van der Waals surface area contributed by atoms with Gasteiger partial charge in [-0.15, -0.1) is 0 Å². The van der Waals surface area contributed by atoms with E-state index in [1.807, 2.05) is 6.92 Å². The van der Waals surface area contributed by atoms with Crippen LogP contribution in [0.2, 0.25) is 0 Å². The fraction of sp³-hybridized carbons (Fsp3) is 0.611. The van der Waals surface area contributed by atoms with Gasteiger partial charge in [0.15, 0.2) is 5.96 Å². The predicted octanol–water partition coefficient (Wildman–Crippen LogP) is 2.52. The molecule has 1 aliphatic rings. The van der Waals surface area contributed by atoms with Gasteiger partial charge in [0.1, 0.15) is 0 Å². The lowest BCUT2D eigenvalue weighted by molar-refractivity contribution is -0.384. The number of hydrogen-bond donors (Lipinski definition) is 2. The van der Waals surface area contributed by atoms with E-state index in [9.17, 15) is 10.1 Å². The number of nitro benzene ring substituents is 1. The van der Waals surface area contributed by atoms with E-state index in [1.54, 1.807) is 12.1 Å². The smallest absolute Gasteiger partial charge is 0.269 e. The summed E-state index contributed by atoms with van der Waals surface area (Å²) >= 11 is 0. The van der Waals surface area contributed by atoms with E-state index in [0.29, 0.717) is 12.6 Å². The summed E-state index contributed by atoms with van der Waals surface area (Å²) in [5.41, 5.74) is 1.07. The van der Waals surface area contributed by atoms with Crippen molar-refractivity contribution in [2.45, 2.75) is 45.7 Å². The topological polar surface area (TPSA) is 82.8 Å². The number of benzene rings is 1. The van der Waals surface area contributed by atoms with Gasteiger partial charge < -0.3 is 15.5 Å². The molecule has 1 aromatic carbocycles. The lowest BCUT2D eigenvalue weighted by Gasteiger charge is -2.32. The van der Waals surface area contributed by atoms with Crippen LogP contribution in [0.4, 0.5) is 5.69 Å². The highest BCUT2D eigenvalue weighted by Crippen LogP contribution is 2.13. The molecule has 1 aromatic rings. The van der Waals surface area contributed by atoms with Crippen molar-refractivity contribution in [2.24, 2.45) is 4.99 Å². The van der Waals surface area contributed by atoms with Crippen LogP contribution in [-0.4, -0.2) is 48.0 Å². The summed E-state index contributed by atoms with van der Waals surface area (Å²) in [7, 11) is 0. The Labute approximate surface area is 149 Å². The third-order valence-corrected chi connectivity index (χ3v) is 4.38. The summed E-state index contributed by atoms with van der Waals surface area (Å²) in [5, 5.41) is 17.5. The van der Waals surface area contributed by atoms with E-state index in [2.05, 4.69) is 27.4 Å². The molecule has 7 heteroatoms. The molecule has 0 radical (unpaired) electrons. The van der Waals surface area contributed by atoms with Crippen LogP contribution in [0.25, 0.3) is 0 Å². The first kappa shape index (κ1) is 19.2. The second-order valence-corrected chi connectivity index (χ2v) is 6.38. The summed E-state index contributed by atoms with van der Waals surface area (Å²) in [6.45, 7) is 9.02. The molecular weight excluding hydrogens is 318 g/mol. The number of non-ortho nitro benzene ring substituents is 1. The lowest BCUT2D eigenvalue weighted by atomic mass is 10.1. The molecule has 1 fully saturated rings. The molecule has 2 N–H and O–H groups in total. The first-order chi connectivity index (χ1) is 12.1. The maximum atomic E-state index is 10.7. The maximum Gasteiger partial charge on any atom is 0.269 e. The first-order valence-electron chi connectivity index (χ1n) is 9.13. The molecule has 0 spiro atoms. The third kappa shape index (κ3) is 6.34. The number of likely N-dealkylation sites (tertiary alicyclic amines) is 1. The van der Waals surface area contributed by atoms with Gasteiger partial charge in [0.05, 0.1) is 11.5 Å². The van der Waals surface area contributed by atoms with Crippen molar-refractivity contribution in [3.8, 4) is 0 Å². The molecule has 1 heterocycles. The van der Waals surface area contributed by atoms with Crippen LogP contribution in [0, 0.1) is 10.1 Å². The van der Waals surface area contributed by atoms with Gasteiger partial charge in [0.25, 0.3) is 5.69 Å². The van der Waals surface area contributed by atoms with Crippen LogP contribution in [-0.2, 0) is 6.54 Å². The molecule has 0 bridgehead atoms. The number of hydrogen-bond acceptors (Lipinski definition) is 4. The first-order valence-corrected chi connectivity index (χ1v) is 9.13. The minimum atomic E-state index is -0.385. The van der Waals surface area contributed by atoms with E-state index < -0.39 is 0 Å². The molecule has 0 aromatic heterocycles. The van der Waals surface area contributed by atoms with E-state index in [-0.39, 0.29) is 10.6 Å². The number of nitro groups is 1. The van der Waals surface area contributed by atoms with Crippen molar-refractivity contribution in [3.63, 3.8) is 0 Å². The van der Waals surface area contributed by atoms with E-state index in [1.165, 1.54) is 25.1 Å². The number of rotatable bonds is 7. The molecule has 7 nitrogen and oxygen atoms in total. The monoisotopic (exact) mass is 347 g/mol. The van der Waals surface area contributed by atoms with E-state index in [4.69, 9.17) is 0 Å². The van der Waals surface area contributed by atoms with Crippen LogP contribution in [0.1, 0.15) is 38.7 Å². The van der Waals surface area contributed by atoms with E-state index in [0.717, 1.165) is 44.0 Å². The average Bonchev–Trinajstić information content (AvgIpc) is 2.62. The van der Waals surface area contributed by atoms with Crippen molar-refractivity contribution in [1.29, 1.82) is 0 Å². The van der Waals surface area contributed by atoms with Crippen LogP contribution in [0.5, 0.6) is 0 Å². The van der Waals surface area contributed by atoms with Crippen LogP contribution < -0.4 is 10.6 Å². The molecule has 0 saturated carbocycles. The van der Waals surface area contributed by atoms with Gasteiger partial charge in [-0.3, -0.25) is 10.1 Å². The Morgan fingerprint density at radius 3 is 2.52 bits per heavy atom. The summed E-state index contributed by atoms with van der Waals surface area (Å²) in [6, 6.07) is 7.01. The molecule has 0 amide bonds. The Hall–Kier alpha value is -2.15. The highest BCUT2D eigenvalue weighted by atomic mass is 16.6. The minimum Gasteiger partial charge on any atom is -0.357 e. The molecule has 0 aliphatic carbocycles. The summed E-state index contributed by atoms with van der Waals surface area (Å²) in [5.74, 6) is 0.815. The van der Waals surface area contributed by atoms with E-state index >= 15 is 0 Å². The molecular formula is C18H29N5O2. The van der Waals surface area contributed by atoms with Crippen molar-refractivity contribution in [1.82, 2.24) is 15.5 Å². The van der Waals surface area contributed by atoms with Crippen LogP contribution in [0.3, 0.4) is 0 Å². The van der Waals surface area contributed by atoms with Gasteiger partial charge in [-0.25, -0.2) is 4.99 Å². The fourth-order valence-electron chi connectivity index (χ4n) is 3.02. The molecule has 25 heavy (non-hydrogen) atoms. The standard InChI is InChI=1S/C18H29N5O2/c1-3-11-22-12-9-16(10-13-22)21-18(19-4-2)20-14-15-5-7-17(8-6-15)23(24)25/h5-8,16H,3-4,9-14H2,1-2H3,(H2,19,20,21). The summed E-state index contributed by atoms with van der Waals surface area (Å²) in [6.07, 6.45) is 3.46. The lowest BCUT2D eigenvalue weighted by Crippen LogP contribution is -2.48. The Morgan fingerprint density at radius 1 is 1.28 bits per heavy atom. The number of aliphatic imine (C=N–C) groups is 1. The van der Waals surface area contributed by atoms with Gasteiger partial charge in [-0.05, 0) is 38.3 Å². The van der Waals surface area contributed by atoms with Crippen LogP contribution >= 0.6 is 0 Å². The molecule has 138 valence electrons. The van der Waals surface area contributed by atoms with Gasteiger partial charge in [0, 0.05) is 37.8 Å². The Kier molecular flexibility index (Phi) is 7.66. The van der Waals surface area contributed by atoms with Gasteiger partial charge in [-0.2, -0.15) is 0 Å². The second-order valence-electron chi connectivity index (χ2n) is 6.38. The highest BCUT2D eigenvalue weighted by Gasteiger charge is 2.19.